The second kappa shape index (κ2) is 8.45. The molecule has 0 radical (unpaired) electrons. The first kappa shape index (κ1) is 17.9. The quantitative estimate of drug-likeness (QED) is 0.884. The molecule has 0 saturated carbocycles. The van der Waals surface area contributed by atoms with Gasteiger partial charge in [0.25, 0.3) is 0 Å². The third-order valence-electron chi connectivity index (χ3n) is 4.50. The van der Waals surface area contributed by atoms with Crippen molar-refractivity contribution in [3.63, 3.8) is 0 Å². The van der Waals surface area contributed by atoms with Gasteiger partial charge in [0.15, 0.2) is 0 Å². The van der Waals surface area contributed by atoms with E-state index in [0.717, 1.165) is 30.2 Å². The summed E-state index contributed by atoms with van der Waals surface area (Å²) in [6.07, 6.45) is 2.16. The van der Waals surface area contributed by atoms with E-state index in [2.05, 4.69) is 22.4 Å². The molecule has 2 atom stereocenters. The number of nitrogens with zero attached hydrogens (tertiary/aromatic N) is 2. The molecule has 1 saturated heterocycles. The van der Waals surface area contributed by atoms with Crippen LogP contribution in [0.3, 0.4) is 0 Å². The summed E-state index contributed by atoms with van der Waals surface area (Å²) in [5.41, 5.74) is 2.12. The van der Waals surface area contributed by atoms with E-state index in [0.29, 0.717) is 19.0 Å². The molecular formula is C19H25N3O2S. The molecule has 25 heavy (non-hydrogen) atoms. The SMILES string of the molecule is Cc1nc(CN(C)C(=O)NC[C@H]2CCCO[C@@H]2c2ccccc2)cs1. The van der Waals surface area contributed by atoms with Gasteiger partial charge < -0.3 is 15.0 Å². The van der Waals surface area contributed by atoms with Crippen molar-refractivity contribution >= 4 is 17.4 Å². The van der Waals surface area contributed by atoms with Crippen molar-refractivity contribution in [3.05, 3.63) is 52.0 Å². The highest BCUT2D eigenvalue weighted by Gasteiger charge is 2.28. The van der Waals surface area contributed by atoms with Crippen molar-refractivity contribution in [1.29, 1.82) is 0 Å². The zero-order chi connectivity index (χ0) is 17.6. The van der Waals surface area contributed by atoms with E-state index in [4.69, 9.17) is 4.74 Å². The van der Waals surface area contributed by atoms with Crippen molar-refractivity contribution in [1.82, 2.24) is 15.2 Å². The molecule has 0 unspecified atom stereocenters. The van der Waals surface area contributed by atoms with E-state index >= 15 is 0 Å². The van der Waals surface area contributed by atoms with Crippen molar-refractivity contribution < 1.29 is 9.53 Å². The Morgan fingerprint density at radius 1 is 1.40 bits per heavy atom. The van der Waals surface area contributed by atoms with Crippen LogP contribution in [0.4, 0.5) is 4.79 Å². The predicted octanol–water partition coefficient (Wildman–Crippen LogP) is 3.76. The number of carbonyl (C=O) groups excluding carboxylic acids is 1. The normalized spacial score (nSPS) is 20.2. The molecule has 1 aliphatic heterocycles. The molecule has 134 valence electrons. The van der Waals surface area contributed by atoms with Crippen molar-refractivity contribution in [3.8, 4) is 0 Å². The van der Waals surface area contributed by atoms with Gasteiger partial charge in [-0.15, -0.1) is 11.3 Å². The molecule has 5 nitrogen and oxygen atoms in total. The summed E-state index contributed by atoms with van der Waals surface area (Å²) >= 11 is 1.61. The summed E-state index contributed by atoms with van der Waals surface area (Å²) < 4.78 is 5.99. The molecule has 3 rings (SSSR count). The highest BCUT2D eigenvalue weighted by molar-refractivity contribution is 7.09. The Balaban J connectivity index is 1.54. The van der Waals surface area contributed by atoms with E-state index in [9.17, 15) is 4.79 Å². The van der Waals surface area contributed by atoms with Crippen molar-refractivity contribution in [2.75, 3.05) is 20.2 Å². The molecule has 1 aromatic carbocycles. The zero-order valence-corrected chi connectivity index (χ0v) is 15.6. The minimum Gasteiger partial charge on any atom is -0.373 e. The van der Waals surface area contributed by atoms with Crippen LogP contribution in [0.5, 0.6) is 0 Å². The van der Waals surface area contributed by atoms with Crippen LogP contribution >= 0.6 is 11.3 Å². The maximum absolute atomic E-state index is 12.4. The Labute approximate surface area is 153 Å². The van der Waals surface area contributed by atoms with Crippen LogP contribution in [0.15, 0.2) is 35.7 Å². The van der Waals surface area contributed by atoms with Gasteiger partial charge >= 0.3 is 6.03 Å². The van der Waals surface area contributed by atoms with Crippen molar-refractivity contribution in [2.45, 2.75) is 32.4 Å². The number of ether oxygens (including phenoxy) is 1. The first-order valence-corrected chi connectivity index (χ1v) is 9.58. The number of amides is 2. The summed E-state index contributed by atoms with van der Waals surface area (Å²) in [6.45, 7) is 3.91. The van der Waals surface area contributed by atoms with Gasteiger partial charge in [-0.3, -0.25) is 0 Å². The average Bonchev–Trinajstić information content (AvgIpc) is 3.05. The first-order valence-electron chi connectivity index (χ1n) is 8.70. The van der Waals surface area contributed by atoms with Crippen LogP contribution in [0.25, 0.3) is 0 Å². The molecule has 2 aromatic rings. The summed E-state index contributed by atoms with van der Waals surface area (Å²) in [7, 11) is 1.80. The molecule has 0 bridgehead atoms. The summed E-state index contributed by atoms with van der Waals surface area (Å²) in [4.78, 5) is 18.5. The molecular weight excluding hydrogens is 334 g/mol. The number of nitrogens with one attached hydrogen (secondary N) is 1. The maximum atomic E-state index is 12.4. The second-order valence-corrected chi connectivity index (χ2v) is 7.57. The Kier molecular flexibility index (Phi) is 6.04. The minimum atomic E-state index is -0.0666. The molecule has 1 aromatic heterocycles. The number of rotatable bonds is 5. The van der Waals surface area contributed by atoms with Gasteiger partial charge in [0.1, 0.15) is 0 Å². The fourth-order valence-electron chi connectivity index (χ4n) is 3.21. The molecule has 2 heterocycles. The van der Waals surface area contributed by atoms with Crippen molar-refractivity contribution in [2.24, 2.45) is 5.92 Å². The Hall–Kier alpha value is -1.92. The molecule has 1 fully saturated rings. The molecule has 0 aliphatic carbocycles. The van der Waals surface area contributed by atoms with Gasteiger partial charge in [0.2, 0.25) is 0 Å². The zero-order valence-electron chi connectivity index (χ0n) is 14.8. The molecule has 0 spiro atoms. The summed E-state index contributed by atoms with van der Waals surface area (Å²) in [5.74, 6) is 0.301. The van der Waals surface area contributed by atoms with E-state index in [1.54, 1.807) is 23.3 Å². The lowest BCUT2D eigenvalue weighted by atomic mass is 9.89. The van der Waals surface area contributed by atoms with E-state index < -0.39 is 0 Å². The number of aryl methyl sites for hydroxylation is 1. The average molecular weight is 359 g/mol. The predicted molar refractivity (Wildman–Crippen MR) is 99.6 cm³/mol. The molecule has 2 amide bonds. The largest absolute Gasteiger partial charge is 0.373 e. The van der Waals surface area contributed by atoms with Crippen LogP contribution in [-0.2, 0) is 11.3 Å². The number of urea groups is 1. The lowest BCUT2D eigenvalue weighted by Gasteiger charge is -2.32. The van der Waals surface area contributed by atoms with Gasteiger partial charge in [-0.05, 0) is 25.3 Å². The number of aromatic nitrogens is 1. The minimum absolute atomic E-state index is 0.0572. The van der Waals surface area contributed by atoms with Crippen LogP contribution in [0, 0.1) is 12.8 Å². The maximum Gasteiger partial charge on any atom is 0.317 e. The fourth-order valence-corrected chi connectivity index (χ4v) is 3.82. The second-order valence-electron chi connectivity index (χ2n) is 6.50. The van der Waals surface area contributed by atoms with E-state index in [1.165, 1.54) is 5.56 Å². The Morgan fingerprint density at radius 3 is 2.92 bits per heavy atom. The number of hydrogen-bond acceptors (Lipinski definition) is 4. The van der Waals surface area contributed by atoms with Crippen LogP contribution in [-0.4, -0.2) is 36.1 Å². The van der Waals surface area contributed by atoms with Gasteiger partial charge in [0.05, 0.1) is 23.4 Å². The Bertz CT molecular complexity index is 689. The Morgan fingerprint density at radius 2 is 2.20 bits per heavy atom. The van der Waals surface area contributed by atoms with E-state index in [1.807, 2.05) is 30.5 Å². The summed E-state index contributed by atoms with van der Waals surface area (Å²) in [5, 5.41) is 6.08. The van der Waals surface area contributed by atoms with Gasteiger partial charge in [-0.1, -0.05) is 30.3 Å². The van der Waals surface area contributed by atoms with Gasteiger partial charge in [-0.2, -0.15) is 0 Å². The van der Waals surface area contributed by atoms with Crippen LogP contribution < -0.4 is 5.32 Å². The molecule has 1 N–H and O–H groups in total. The third kappa shape index (κ3) is 4.80. The smallest absolute Gasteiger partial charge is 0.317 e. The topological polar surface area (TPSA) is 54.5 Å². The fraction of sp³-hybridized carbons (Fsp3) is 0.474. The molecule has 1 aliphatic rings. The highest BCUT2D eigenvalue weighted by atomic mass is 32.1. The lowest BCUT2D eigenvalue weighted by Crippen LogP contribution is -2.41. The number of carbonyl (C=O) groups is 1. The number of thiazole rings is 1. The third-order valence-corrected chi connectivity index (χ3v) is 5.32. The highest BCUT2D eigenvalue weighted by Crippen LogP contribution is 2.33. The van der Waals surface area contributed by atoms with E-state index in [-0.39, 0.29) is 12.1 Å². The van der Waals surface area contributed by atoms with Gasteiger partial charge in [-0.25, -0.2) is 9.78 Å². The first-order chi connectivity index (χ1) is 12.1. The lowest BCUT2D eigenvalue weighted by molar-refractivity contribution is -0.0271. The molecule has 6 heteroatoms. The standard InChI is InChI=1S/C19H25N3O2S/c1-14-21-17(13-25-14)12-22(2)19(23)20-11-16-9-6-10-24-18(16)15-7-4-3-5-8-15/h3-5,7-8,13,16,18H,6,9-12H2,1-2H3,(H,20,23)/t16-,18-/m1/s1. The monoisotopic (exact) mass is 359 g/mol. The van der Waals surface area contributed by atoms with Crippen LogP contribution in [0.2, 0.25) is 0 Å². The van der Waals surface area contributed by atoms with Crippen LogP contribution in [0.1, 0.15) is 35.2 Å². The number of hydrogen-bond donors (Lipinski definition) is 1. The summed E-state index contributed by atoms with van der Waals surface area (Å²) in [6, 6.07) is 10.2. The number of benzene rings is 1. The van der Waals surface area contributed by atoms with Gasteiger partial charge in [0, 0.05) is 31.5 Å².